The van der Waals surface area contributed by atoms with Crippen molar-refractivity contribution in [3.63, 3.8) is 0 Å². The number of hydrogen-bond acceptors (Lipinski definition) is 5. The first-order valence-corrected chi connectivity index (χ1v) is 10.9. The average molecular weight is 428 g/mol. The number of aryl methyl sites for hydroxylation is 2. The molecule has 1 unspecified atom stereocenters. The van der Waals surface area contributed by atoms with Gasteiger partial charge in [0.25, 0.3) is 5.91 Å². The first-order chi connectivity index (χ1) is 15.7. The van der Waals surface area contributed by atoms with Crippen molar-refractivity contribution in [1.82, 2.24) is 35.1 Å². The van der Waals surface area contributed by atoms with Gasteiger partial charge in [-0.3, -0.25) is 9.89 Å². The number of aromatic nitrogens is 6. The van der Waals surface area contributed by atoms with Gasteiger partial charge in [0, 0.05) is 12.1 Å². The molecule has 162 valence electrons. The Bertz CT molecular complexity index is 1240. The number of benzene rings is 2. The number of rotatable bonds is 5. The van der Waals surface area contributed by atoms with Crippen LogP contribution in [0.2, 0.25) is 0 Å². The Balaban J connectivity index is 1.47. The van der Waals surface area contributed by atoms with Crippen LogP contribution >= 0.6 is 0 Å². The highest BCUT2D eigenvalue weighted by molar-refractivity contribution is 5.98. The number of likely N-dealkylation sites (tertiary alicyclic amines) is 1. The topological polar surface area (TPSA) is 92.6 Å². The molecule has 1 aliphatic heterocycles. The van der Waals surface area contributed by atoms with Crippen LogP contribution in [0.5, 0.6) is 0 Å². The smallest absolute Gasteiger partial charge is 0.256 e. The fraction of sp³-hybridized carbons (Fsp3) is 0.292. The molecule has 1 aliphatic rings. The molecular weight excluding hydrogens is 402 g/mol. The van der Waals surface area contributed by atoms with E-state index in [2.05, 4.69) is 33.4 Å². The van der Waals surface area contributed by atoms with Gasteiger partial charge in [0.15, 0.2) is 5.82 Å². The zero-order valence-corrected chi connectivity index (χ0v) is 18.2. The molecule has 1 atom stereocenters. The molecular formula is C24H25N7O. The van der Waals surface area contributed by atoms with Crippen LogP contribution in [0.3, 0.4) is 0 Å². The standard InChI is InChI=1S/C24H25N7O/c1-3-17-7-4-5-8-18(17)22-27-23(29-28-22)21-9-6-14-30(21)24(32)19-15-16(2)10-11-20(19)31-25-12-13-26-31/h4-5,7-8,10-13,15,21H,3,6,9,14H2,1-2H3,(H,27,28,29). The Hall–Kier alpha value is -3.81. The quantitative estimate of drug-likeness (QED) is 0.521. The molecule has 0 spiro atoms. The van der Waals surface area contributed by atoms with Gasteiger partial charge in [-0.2, -0.15) is 20.1 Å². The van der Waals surface area contributed by atoms with Gasteiger partial charge in [-0.05, 0) is 43.9 Å². The summed E-state index contributed by atoms with van der Waals surface area (Å²) in [7, 11) is 0. The van der Waals surface area contributed by atoms with Gasteiger partial charge in [0.1, 0.15) is 5.82 Å². The molecule has 0 radical (unpaired) electrons. The minimum atomic E-state index is -0.142. The highest BCUT2D eigenvalue weighted by Crippen LogP contribution is 2.33. The Labute approximate surface area is 186 Å². The fourth-order valence-electron chi connectivity index (χ4n) is 4.38. The summed E-state index contributed by atoms with van der Waals surface area (Å²) in [6, 6.07) is 13.8. The van der Waals surface area contributed by atoms with Crippen molar-refractivity contribution in [2.45, 2.75) is 39.2 Å². The number of nitrogens with zero attached hydrogens (tertiary/aromatic N) is 6. The van der Waals surface area contributed by atoms with Crippen molar-refractivity contribution in [3.05, 3.63) is 77.4 Å². The lowest BCUT2D eigenvalue weighted by Gasteiger charge is -2.24. The Morgan fingerprint density at radius 1 is 1.16 bits per heavy atom. The first-order valence-electron chi connectivity index (χ1n) is 10.9. The second-order valence-corrected chi connectivity index (χ2v) is 8.05. The largest absolute Gasteiger partial charge is 0.328 e. The van der Waals surface area contributed by atoms with E-state index in [1.54, 1.807) is 12.4 Å². The Morgan fingerprint density at radius 2 is 1.97 bits per heavy atom. The van der Waals surface area contributed by atoms with E-state index in [1.165, 1.54) is 10.4 Å². The van der Waals surface area contributed by atoms with Crippen molar-refractivity contribution >= 4 is 5.91 Å². The summed E-state index contributed by atoms with van der Waals surface area (Å²) in [5.41, 5.74) is 4.50. The molecule has 2 aromatic heterocycles. The second kappa shape index (κ2) is 8.37. The molecule has 3 heterocycles. The van der Waals surface area contributed by atoms with Crippen LogP contribution in [0.4, 0.5) is 0 Å². The highest BCUT2D eigenvalue weighted by atomic mass is 16.2. The molecule has 8 nitrogen and oxygen atoms in total. The number of hydrogen-bond donors (Lipinski definition) is 1. The molecule has 2 aromatic carbocycles. The Kier molecular flexibility index (Phi) is 5.26. The lowest BCUT2D eigenvalue weighted by molar-refractivity contribution is 0.0729. The van der Waals surface area contributed by atoms with Crippen molar-refractivity contribution in [2.24, 2.45) is 0 Å². The highest BCUT2D eigenvalue weighted by Gasteiger charge is 2.34. The predicted octanol–water partition coefficient (Wildman–Crippen LogP) is 3.90. The SMILES string of the molecule is CCc1ccccc1-c1n[nH]c(C2CCCN2C(=O)c2cc(C)ccc2-n2nccn2)n1. The number of carbonyl (C=O) groups is 1. The van der Waals surface area contributed by atoms with E-state index in [0.717, 1.165) is 36.2 Å². The molecule has 1 fully saturated rings. The molecule has 0 bridgehead atoms. The van der Waals surface area contributed by atoms with Crippen molar-refractivity contribution in [1.29, 1.82) is 0 Å². The molecule has 0 aliphatic carbocycles. The van der Waals surface area contributed by atoms with Crippen LogP contribution in [-0.4, -0.2) is 47.5 Å². The minimum Gasteiger partial charge on any atom is -0.328 e. The molecule has 5 rings (SSSR count). The number of aromatic amines is 1. The van der Waals surface area contributed by atoms with E-state index in [0.29, 0.717) is 23.6 Å². The monoisotopic (exact) mass is 427 g/mol. The van der Waals surface area contributed by atoms with Crippen LogP contribution in [-0.2, 0) is 6.42 Å². The van der Waals surface area contributed by atoms with E-state index in [-0.39, 0.29) is 11.9 Å². The van der Waals surface area contributed by atoms with E-state index >= 15 is 0 Å². The molecule has 1 amide bonds. The van der Waals surface area contributed by atoms with Gasteiger partial charge < -0.3 is 4.90 Å². The summed E-state index contributed by atoms with van der Waals surface area (Å²) in [5.74, 6) is 1.35. The maximum Gasteiger partial charge on any atom is 0.256 e. The maximum absolute atomic E-state index is 13.7. The molecule has 4 aromatic rings. The van der Waals surface area contributed by atoms with Crippen molar-refractivity contribution in [2.75, 3.05) is 6.54 Å². The first kappa shape index (κ1) is 20.1. The second-order valence-electron chi connectivity index (χ2n) is 8.05. The zero-order chi connectivity index (χ0) is 22.1. The normalized spacial score (nSPS) is 15.9. The van der Waals surface area contributed by atoms with Gasteiger partial charge in [-0.1, -0.05) is 42.8 Å². The van der Waals surface area contributed by atoms with Crippen molar-refractivity contribution < 1.29 is 4.79 Å². The van der Waals surface area contributed by atoms with Gasteiger partial charge in [-0.25, -0.2) is 4.98 Å². The summed E-state index contributed by atoms with van der Waals surface area (Å²) in [6.45, 7) is 4.77. The van der Waals surface area contributed by atoms with E-state index in [1.807, 2.05) is 48.2 Å². The molecule has 0 saturated carbocycles. The van der Waals surface area contributed by atoms with Gasteiger partial charge in [0.05, 0.1) is 29.7 Å². The zero-order valence-electron chi connectivity index (χ0n) is 18.2. The van der Waals surface area contributed by atoms with Crippen molar-refractivity contribution in [3.8, 4) is 17.1 Å². The van der Waals surface area contributed by atoms with Crippen LogP contribution < -0.4 is 0 Å². The lowest BCUT2D eigenvalue weighted by Crippen LogP contribution is -2.32. The van der Waals surface area contributed by atoms with E-state index in [9.17, 15) is 4.79 Å². The summed E-state index contributed by atoms with van der Waals surface area (Å²) in [6.07, 6.45) is 5.88. The fourth-order valence-corrected chi connectivity index (χ4v) is 4.38. The summed E-state index contributed by atoms with van der Waals surface area (Å²) >= 11 is 0. The van der Waals surface area contributed by atoms with E-state index < -0.39 is 0 Å². The molecule has 8 heteroatoms. The summed E-state index contributed by atoms with van der Waals surface area (Å²) in [5, 5.41) is 16.0. The summed E-state index contributed by atoms with van der Waals surface area (Å²) in [4.78, 5) is 21.8. The average Bonchev–Trinajstić information content (AvgIpc) is 3.59. The molecule has 1 saturated heterocycles. The molecule has 32 heavy (non-hydrogen) atoms. The molecule has 1 N–H and O–H groups in total. The third kappa shape index (κ3) is 3.57. The number of amides is 1. The Morgan fingerprint density at radius 3 is 2.78 bits per heavy atom. The maximum atomic E-state index is 13.7. The van der Waals surface area contributed by atoms with E-state index in [4.69, 9.17) is 4.98 Å². The van der Waals surface area contributed by atoms with Crippen LogP contribution in [0.1, 0.15) is 53.1 Å². The predicted molar refractivity (Wildman–Crippen MR) is 120 cm³/mol. The number of H-pyrrole nitrogens is 1. The summed E-state index contributed by atoms with van der Waals surface area (Å²) < 4.78 is 0. The minimum absolute atomic E-state index is 0.0459. The number of carbonyl (C=O) groups excluding carboxylic acids is 1. The van der Waals surface area contributed by atoms with Crippen LogP contribution in [0.25, 0.3) is 17.1 Å². The lowest BCUT2D eigenvalue weighted by atomic mass is 10.1. The van der Waals surface area contributed by atoms with Crippen LogP contribution in [0, 0.1) is 6.92 Å². The van der Waals surface area contributed by atoms with Gasteiger partial charge in [0.2, 0.25) is 0 Å². The number of nitrogens with one attached hydrogen (secondary N) is 1. The van der Waals surface area contributed by atoms with Crippen LogP contribution in [0.15, 0.2) is 54.9 Å². The third-order valence-electron chi connectivity index (χ3n) is 5.99. The van der Waals surface area contributed by atoms with Gasteiger partial charge >= 0.3 is 0 Å². The van der Waals surface area contributed by atoms with Gasteiger partial charge in [-0.15, -0.1) is 0 Å². The third-order valence-corrected chi connectivity index (χ3v) is 5.99.